The molecule has 0 aliphatic heterocycles. The SMILES string of the molecule is C=CCN([C@@H](CC(=C)C(=O)OCc1ccccc1)C(F)(F)F)S(=O)(=O)C(C)(C)C. The molecular weight excluding hydrogens is 407 g/mol. The van der Waals surface area contributed by atoms with E-state index in [2.05, 4.69) is 13.2 Å². The molecule has 0 N–H and O–H groups in total. The van der Waals surface area contributed by atoms with Crippen LogP contribution in [0.15, 0.2) is 55.1 Å². The van der Waals surface area contributed by atoms with E-state index in [1.54, 1.807) is 30.3 Å². The lowest BCUT2D eigenvalue weighted by atomic mass is 10.1. The molecule has 1 aromatic rings. The average Bonchev–Trinajstić information content (AvgIpc) is 2.61. The molecule has 0 aliphatic carbocycles. The van der Waals surface area contributed by atoms with Crippen LogP contribution < -0.4 is 0 Å². The van der Waals surface area contributed by atoms with Crippen LogP contribution in [0.1, 0.15) is 32.8 Å². The second-order valence-corrected chi connectivity index (χ2v) is 10.0. The van der Waals surface area contributed by atoms with E-state index in [1.807, 2.05) is 0 Å². The average molecular weight is 433 g/mol. The Morgan fingerprint density at radius 3 is 2.21 bits per heavy atom. The van der Waals surface area contributed by atoms with Gasteiger partial charge in [-0.3, -0.25) is 0 Å². The molecule has 0 bridgehead atoms. The Hall–Kier alpha value is -2.13. The Kier molecular flexibility index (Phi) is 8.23. The molecule has 162 valence electrons. The number of esters is 1. The van der Waals surface area contributed by atoms with Crippen LogP contribution in [0.25, 0.3) is 0 Å². The van der Waals surface area contributed by atoms with Crippen LogP contribution in [-0.2, 0) is 26.2 Å². The Labute approximate surface area is 169 Å². The zero-order valence-corrected chi connectivity index (χ0v) is 17.5. The second kappa shape index (κ2) is 9.58. The Bertz CT molecular complexity index is 828. The van der Waals surface area contributed by atoms with E-state index in [0.29, 0.717) is 9.87 Å². The third kappa shape index (κ3) is 6.71. The molecule has 0 radical (unpaired) electrons. The maximum atomic E-state index is 13.8. The number of benzene rings is 1. The van der Waals surface area contributed by atoms with E-state index >= 15 is 0 Å². The highest BCUT2D eigenvalue weighted by atomic mass is 32.2. The smallest absolute Gasteiger partial charge is 0.405 e. The van der Waals surface area contributed by atoms with Crippen LogP contribution in [0.2, 0.25) is 0 Å². The maximum absolute atomic E-state index is 13.8. The monoisotopic (exact) mass is 433 g/mol. The summed E-state index contributed by atoms with van der Waals surface area (Å²) in [5, 5.41) is 0. The van der Waals surface area contributed by atoms with Crippen molar-refractivity contribution in [2.75, 3.05) is 6.54 Å². The highest BCUT2D eigenvalue weighted by Crippen LogP contribution is 2.34. The van der Waals surface area contributed by atoms with E-state index in [9.17, 15) is 26.4 Å². The molecule has 29 heavy (non-hydrogen) atoms. The van der Waals surface area contributed by atoms with E-state index in [1.165, 1.54) is 20.8 Å². The summed E-state index contributed by atoms with van der Waals surface area (Å²) in [6.07, 6.45) is -4.80. The molecule has 1 atom stereocenters. The van der Waals surface area contributed by atoms with Gasteiger partial charge in [-0.05, 0) is 26.3 Å². The summed E-state index contributed by atoms with van der Waals surface area (Å²) in [5.41, 5.74) is 0.186. The van der Waals surface area contributed by atoms with E-state index < -0.39 is 51.5 Å². The van der Waals surface area contributed by atoms with Crippen molar-refractivity contribution >= 4 is 16.0 Å². The summed E-state index contributed by atoms with van der Waals surface area (Å²) < 4.78 is 70.5. The lowest BCUT2D eigenvalue weighted by molar-refractivity contribution is -0.171. The van der Waals surface area contributed by atoms with E-state index in [0.717, 1.165) is 6.08 Å². The van der Waals surface area contributed by atoms with Gasteiger partial charge in [-0.2, -0.15) is 17.5 Å². The fraction of sp³-hybridized carbons (Fsp3) is 0.450. The summed E-state index contributed by atoms with van der Waals surface area (Å²) in [6, 6.07) is 6.13. The van der Waals surface area contributed by atoms with Crippen molar-refractivity contribution in [1.29, 1.82) is 0 Å². The van der Waals surface area contributed by atoms with Gasteiger partial charge in [-0.15, -0.1) is 6.58 Å². The summed E-state index contributed by atoms with van der Waals surface area (Å²) in [7, 11) is -4.36. The fourth-order valence-corrected chi connectivity index (χ4v) is 3.93. The first-order valence-electron chi connectivity index (χ1n) is 8.79. The van der Waals surface area contributed by atoms with Crippen molar-refractivity contribution in [2.24, 2.45) is 0 Å². The molecule has 1 aromatic carbocycles. The quantitative estimate of drug-likeness (QED) is 0.332. The first kappa shape index (κ1) is 24.9. The van der Waals surface area contributed by atoms with Crippen molar-refractivity contribution < 1.29 is 31.1 Å². The summed E-state index contributed by atoms with van der Waals surface area (Å²) >= 11 is 0. The van der Waals surface area contributed by atoms with Gasteiger partial charge in [0.1, 0.15) is 12.6 Å². The summed E-state index contributed by atoms with van der Waals surface area (Å²) in [6.45, 7) is 9.94. The van der Waals surface area contributed by atoms with Crippen LogP contribution in [0, 0.1) is 0 Å². The molecule has 0 fully saturated rings. The Balaban J connectivity index is 3.06. The molecule has 0 saturated carbocycles. The molecule has 0 aliphatic rings. The van der Waals surface area contributed by atoms with Crippen molar-refractivity contribution in [3.63, 3.8) is 0 Å². The number of carbonyl (C=O) groups excluding carboxylic acids is 1. The molecule has 0 aromatic heterocycles. The minimum Gasteiger partial charge on any atom is -0.457 e. The van der Waals surface area contributed by atoms with Crippen LogP contribution >= 0.6 is 0 Å². The molecule has 0 saturated heterocycles. The van der Waals surface area contributed by atoms with Crippen LogP contribution in [0.4, 0.5) is 13.2 Å². The normalized spacial score (nSPS) is 13.8. The van der Waals surface area contributed by atoms with Crippen molar-refractivity contribution in [3.05, 3.63) is 60.7 Å². The number of hydrogen-bond donors (Lipinski definition) is 0. The van der Waals surface area contributed by atoms with Gasteiger partial charge < -0.3 is 4.74 Å². The van der Waals surface area contributed by atoms with Gasteiger partial charge >= 0.3 is 12.1 Å². The van der Waals surface area contributed by atoms with Gasteiger partial charge in [-0.25, -0.2) is 13.2 Å². The molecule has 5 nitrogen and oxygen atoms in total. The number of hydrogen-bond acceptors (Lipinski definition) is 4. The topological polar surface area (TPSA) is 63.7 Å². The number of alkyl halides is 3. The number of sulfonamides is 1. The molecule has 0 spiro atoms. The standard InChI is InChI=1S/C20H26F3NO4S/c1-6-12-24(29(26,27)19(3,4)5)17(20(21,22)23)13-15(2)18(25)28-14-16-10-8-7-9-11-16/h6-11,17H,1-2,12-14H2,3-5H3/t17-/m0/s1. The predicted octanol–water partition coefficient (Wildman–Crippen LogP) is 4.22. The molecule has 0 heterocycles. The molecule has 0 unspecified atom stereocenters. The number of carbonyl (C=O) groups is 1. The Morgan fingerprint density at radius 2 is 1.76 bits per heavy atom. The maximum Gasteiger partial charge on any atom is 0.405 e. The van der Waals surface area contributed by atoms with Gasteiger partial charge in [0.2, 0.25) is 10.0 Å². The number of rotatable bonds is 9. The van der Waals surface area contributed by atoms with Crippen LogP contribution in [0.3, 0.4) is 0 Å². The van der Waals surface area contributed by atoms with Crippen molar-refractivity contribution in [2.45, 2.75) is 50.8 Å². The van der Waals surface area contributed by atoms with Crippen molar-refractivity contribution in [3.8, 4) is 0 Å². The van der Waals surface area contributed by atoms with Gasteiger partial charge in [0, 0.05) is 18.5 Å². The largest absolute Gasteiger partial charge is 0.457 e. The lowest BCUT2D eigenvalue weighted by Crippen LogP contribution is -2.54. The van der Waals surface area contributed by atoms with Gasteiger partial charge in [0.15, 0.2) is 0 Å². The lowest BCUT2D eigenvalue weighted by Gasteiger charge is -2.36. The number of nitrogens with zero attached hydrogens (tertiary/aromatic N) is 1. The minimum absolute atomic E-state index is 0.133. The fourth-order valence-electron chi connectivity index (χ4n) is 2.39. The Morgan fingerprint density at radius 1 is 1.21 bits per heavy atom. The number of ether oxygens (including phenoxy) is 1. The highest BCUT2D eigenvalue weighted by molar-refractivity contribution is 7.90. The van der Waals surface area contributed by atoms with Gasteiger partial charge in [-0.1, -0.05) is 43.0 Å². The highest BCUT2D eigenvalue weighted by Gasteiger charge is 2.50. The van der Waals surface area contributed by atoms with Gasteiger partial charge in [0.05, 0.1) is 4.75 Å². The third-order valence-electron chi connectivity index (χ3n) is 4.06. The zero-order valence-electron chi connectivity index (χ0n) is 16.7. The molecular formula is C20H26F3NO4S. The summed E-state index contributed by atoms with van der Waals surface area (Å²) in [4.78, 5) is 12.1. The summed E-state index contributed by atoms with van der Waals surface area (Å²) in [5.74, 6) is -1.02. The third-order valence-corrected chi connectivity index (χ3v) is 6.63. The first-order chi connectivity index (χ1) is 13.2. The molecule has 0 amide bonds. The zero-order chi connectivity index (χ0) is 22.5. The van der Waals surface area contributed by atoms with E-state index in [-0.39, 0.29) is 6.61 Å². The van der Waals surface area contributed by atoms with Crippen LogP contribution in [-0.4, -0.2) is 42.2 Å². The minimum atomic E-state index is -4.93. The van der Waals surface area contributed by atoms with E-state index in [4.69, 9.17) is 4.74 Å². The van der Waals surface area contributed by atoms with Crippen molar-refractivity contribution in [1.82, 2.24) is 4.31 Å². The predicted molar refractivity (Wildman–Crippen MR) is 105 cm³/mol. The first-order valence-corrected chi connectivity index (χ1v) is 10.2. The number of halogens is 3. The second-order valence-electron chi connectivity index (χ2n) is 7.40. The molecule has 1 rings (SSSR count). The van der Waals surface area contributed by atoms with Crippen LogP contribution in [0.5, 0.6) is 0 Å². The molecule has 9 heteroatoms. The van der Waals surface area contributed by atoms with Gasteiger partial charge in [0.25, 0.3) is 0 Å².